The number of imidazole rings is 1. The number of amides is 1. The van der Waals surface area contributed by atoms with Crippen molar-refractivity contribution < 1.29 is 9.72 Å². The zero-order valence-electron chi connectivity index (χ0n) is 13.4. The number of hydrogen-bond donors (Lipinski definition) is 1. The lowest BCUT2D eigenvalue weighted by Gasteiger charge is -2.07. The van der Waals surface area contributed by atoms with Gasteiger partial charge in [-0.25, -0.2) is 9.97 Å². The molecule has 8 heteroatoms. The number of hydrogen-bond acceptors (Lipinski definition) is 5. The van der Waals surface area contributed by atoms with Gasteiger partial charge in [0.2, 0.25) is 0 Å². The highest BCUT2D eigenvalue weighted by Gasteiger charge is 2.14. The fourth-order valence-corrected chi connectivity index (χ4v) is 2.30. The summed E-state index contributed by atoms with van der Waals surface area (Å²) >= 11 is 0. The van der Waals surface area contributed by atoms with Crippen LogP contribution in [-0.2, 0) is 6.54 Å². The number of aromatic nitrogens is 3. The van der Waals surface area contributed by atoms with E-state index in [1.165, 1.54) is 6.07 Å². The third-order valence-electron chi connectivity index (χ3n) is 3.70. The van der Waals surface area contributed by atoms with Crippen LogP contribution in [0, 0.1) is 17.0 Å². The lowest BCUT2D eigenvalue weighted by Crippen LogP contribution is -2.23. The van der Waals surface area contributed by atoms with E-state index in [-0.39, 0.29) is 23.7 Å². The van der Waals surface area contributed by atoms with Gasteiger partial charge in [-0.3, -0.25) is 19.5 Å². The molecule has 2 heterocycles. The summed E-state index contributed by atoms with van der Waals surface area (Å²) in [5.74, 6) is 0.350. The summed E-state index contributed by atoms with van der Waals surface area (Å²) in [4.78, 5) is 30.9. The molecule has 0 spiro atoms. The summed E-state index contributed by atoms with van der Waals surface area (Å²) in [5.41, 5.74) is 1.51. The van der Waals surface area contributed by atoms with Crippen LogP contribution in [0.5, 0.6) is 0 Å². The van der Waals surface area contributed by atoms with Crippen LogP contribution in [0.4, 0.5) is 5.69 Å². The first-order valence-corrected chi connectivity index (χ1v) is 7.51. The number of carbonyl (C=O) groups excluding carboxylic acids is 1. The second-order valence-electron chi connectivity index (χ2n) is 5.44. The first-order chi connectivity index (χ1) is 12.0. The van der Waals surface area contributed by atoms with Gasteiger partial charge in [0, 0.05) is 42.3 Å². The van der Waals surface area contributed by atoms with Crippen molar-refractivity contribution in [3.63, 3.8) is 0 Å². The van der Waals surface area contributed by atoms with E-state index in [0.717, 1.165) is 11.4 Å². The molecule has 3 rings (SSSR count). The highest BCUT2D eigenvalue weighted by atomic mass is 16.6. The van der Waals surface area contributed by atoms with Crippen molar-refractivity contribution in [1.29, 1.82) is 0 Å². The molecule has 0 aliphatic heterocycles. The Morgan fingerprint density at radius 3 is 2.80 bits per heavy atom. The fraction of sp³-hybridized carbons (Fsp3) is 0.118. The number of aryl methyl sites for hydroxylation is 1. The minimum Gasteiger partial charge on any atom is -0.348 e. The largest absolute Gasteiger partial charge is 0.348 e. The standard InChI is InChI=1S/C17H15N5O3/c1-12-2-4-14(8-15(12)22(24)25)17(23)20-10-13-3-5-16(19-9-13)21-7-6-18-11-21/h2-9,11H,10H2,1H3,(H,20,23). The summed E-state index contributed by atoms with van der Waals surface area (Å²) in [7, 11) is 0. The molecule has 0 saturated carbocycles. The van der Waals surface area contributed by atoms with E-state index in [0.29, 0.717) is 5.56 Å². The van der Waals surface area contributed by atoms with E-state index in [4.69, 9.17) is 0 Å². The second kappa shape index (κ2) is 6.91. The number of rotatable bonds is 5. The minimum atomic E-state index is -0.495. The van der Waals surface area contributed by atoms with Gasteiger partial charge in [0.15, 0.2) is 0 Å². The molecule has 25 heavy (non-hydrogen) atoms. The zero-order valence-corrected chi connectivity index (χ0v) is 13.4. The second-order valence-corrected chi connectivity index (χ2v) is 5.44. The SMILES string of the molecule is Cc1ccc(C(=O)NCc2ccc(-n3ccnc3)nc2)cc1[N+](=O)[O-]. The summed E-state index contributed by atoms with van der Waals surface area (Å²) < 4.78 is 1.77. The van der Waals surface area contributed by atoms with Crippen molar-refractivity contribution in [2.24, 2.45) is 0 Å². The predicted molar refractivity (Wildman–Crippen MR) is 90.4 cm³/mol. The number of nitrogens with one attached hydrogen (secondary N) is 1. The van der Waals surface area contributed by atoms with Gasteiger partial charge in [0.1, 0.15) is 12.1 Å². The van der Waals surface area contributed by atoms with Gasteiger partial charge in [-0.15, -0.1) is 0 Å². The van der Waals surface area contributed by atoms with E-state index in [2.05, 4.69) is 15.3 Å². The van der Waals surface area contributed by atoms with Gasteiger partial charge in [-0.05, 0) is 24.6 Å². The van der Waals surface area contributed by atoms with Gasteiger partial charge in [-0.2, -0.15) is 0 Å². The summed E-state index contributed by atoms with van der Waals surface area (Å²) in [6.45, 7) is 1.91. The molecule has 0 bridgehead atoms. The quantitative estimate of drug-likeness (QED) is 0.569. The molecule has 1 aromatic carbocycles. The predicted octanol–water partition coefficient (Wildman–Crippen LogP) is 2.41. The van der Waals surface area contributed by atoms with Crippen LogP contribution >= 0.6 is 0 Å². The van der Waals surface area contributed by atoms with Gasteiger partial charge in [0.25, 0.3) is 11.6 Å². The van der Waals surface area contributed by atoms with Crippen LogP contribution in [0.15, 0.2) is 55.2 Å². The fourth-order valence-electron chi connectivity index (χ4n) is 2.30. The molecule has 2 aromatic heterocycles. The molecular formula is C17H15N5O3. The van der Waals surface area contributed by atoms with Gasteiger partial charge in [0.05, 0.1) is 4.92 Å². The Kier molecular flexibility index (Phi) is 4.51. The maximum atomic E-state index is 12.2. The normalized spacial score (nSPS) is 10.4. The maximum Gasteiger partial charge on any atom is 0.273 e. The Morgan fingerprint density at radius 1 is 1.32 bits per heavy atom. The van der Waals surface area contributed by atoms with Crippen molar-refractivity contribution in [3.8, 4) is 5.82 Å². The summed E-state index contributed by atoms with van der Waals surface area (Å²) in [5, 5.41) is 13.7. The molecule has 3 aromatic rings. The monoisotopic (exact) mass is 337 g/mol. The van der Waals surface area contributed by atoms with Gasteiger partial charge >= 0.3 is 0 Å². The van der Waals surface area contributed by atoms with Crippen LogP contribution in [0.1, 0.15) is 21.5 Å². The van der Waals surface area contributed by atoms with Crippen LogP contribution in [-0.4, -0.2) is 25.4 Å². The summed E-state index contributed by atoms with van der Waals surface area (Å²) in [6, 6.07) is 8.08. The maximum absolute atomic E-state index is 12.2. The molecule has 1 amide bonds. The average Bonchev–Trinajstić information content (AvgIpc) is 3.15. The Morgan fingerprint density at radius 2 is 2.16 bits per heavy atom. The van der Waals surface area contributed by atoms with E-state index in [9.17, 15) is 14.9 Å². The van der Waals surface area contributed by atoms with E-state index >= 15 is 0 Å². The van der Waals surface area contributed by atoms with E-state index in [1.54, 1.807) is 48.5 Å². The molecular weight excluding hydrogens is 322 g/mol. The van der Waals surface area contributed by atoms with Gasteiger partial charge < -0.3 is 5.32 Å². The van der Waals surface area contributed by atoms with Crippen LogP contribution in [0.25, 0.3) is 5.82 Å². The molecule has 1 N–H and O–H groups in total. The Labute approximate surface area is 143 Å². The first-order valence-electron chi connectivity index (χ1n) is 7.51. The number of nitrogens with zero attached hydrogens (tertiary/aromatic N) is 4. The Hall–Kier alpha value is -3.55. The summed E-state index contributed by atoms with van der Waals surface area (Å²) in [6.07, 6.45) is 6.76. The molecule has 0 radical (unpaired) electrons. The van der Waals surface area contributed by atoms with Crippen molar-refractivity contribution >= 4 is 11.6 Å². The number of nitro groups is 1. The third-order valence-corrected chi connectivity index (χ3v) is 3.70. The zero-order chi connectivity index (χ0) is 17.8. The Balaban J connectivity index is 1.66. The average molecular weight is 337 g/mol. The number of benzene rings is 1. The minimum absolute atomic E-state index is 0.0704. The highest BCUT2D eigenvalue weighted by Crippen LogP contribution is 2.19. The highest BCUT2D eigenvalue weighted by molar-refractivity contribution is 5.94. The van der Waals surface area contributed by atoms with Crippen molar-refractivity contribution in [3.05, 3.63) is 82.1 Å². The lowest BCUT2D eigenvalue weighted by atomic mass is 10.1. The molecule has 0 fully saturated rings. The molecule has 0 unspecified atom stereocenters. The topological polar surface area (TPSA) is 103 Å². The molecule has 0 aliphatic rings. The molecule has 126 valence electrons. The van der Waals surface area contributed by atoms with Crippen molar-refractivity contribution in [2.45, 2.75) is 13.5 Å². The number of carbonyl (C=O) groups is 1. The van der Waals surface area contributed by atoms with Crippen LogP contribution in [0.2, 0.25) is 0 Å². The van der Waals surface area contributed by atoms with Gasteiger partial charge in [-0.1, -0.05) is 12.1 Å². The molecule has 0 aliphatic carbocycles. The molecule has 8 nitrogen and oxygen atoms in total. The van der Waals surface area contributed by atoms with Crippen molar-refractivity contribution in [2.75, 3.05) is 0 Å². The van der Waals surface area contributed by atoms with Crippen LogP contribution in [0.3, 0.4) is 0 Å². The Bertz CT molecular complexity index is 905. The van der Waals surface area contributed by atoms with Crippen molar-refractivity contribution in [1.82, 2.24) is 19.9 Å². The van der Waals surface area contributed by atoms with E-state index in [1.807, 2.05) is 12.1 Å². The van der Waals surface area contributed by atoms with Crippen LogP contribution < -0.4 is 5.32 Å². The third kappa shape index (κ3) is 3.69. The molecule has 0 saturated heterocycles. The number of pyridine rings is 1. The van der Waals surface area contributed by atoms with E-state index < -0.39 is 4.92 Å². The first kappa shape index (κ1) is 16.3. The molecule has 0 atom stereocenters. The number of nitro benzene ring substituents is 1. The smallest absolute Gasteiger partial charge is 0.273 e. The lowest BCUT2D eigenvalue weighted by molar-refractivity contribution is -0.385.